The molecule has 2 aromatic carbocycles. The lowest BCUT2D eigenvalue weighted by Crippen LogP contribution is -2.22. The van der Waals surface area contributed by atoms with Gasteiger partial charge in [-0.2, -0.15) is 0 Å². The Balaban J connectivity index is 1.61. The minimum Gasteiger partial charge on any atom is -0.307 e. The summed E-state index contributed by atoms with van der Waals surface area (Å²) in [5, 5.41) is 1.29. The van der Waals surface area contributed by atoms with Crippen LogP contribution in [0, 0.1) is 13.8 Å². The largest absolute Gasteiger partial charge is 0.307 e. The van der Waals surface area contributed by atoms with Crippen molar-refractivity contribution in [1.29, 1.82) is 0 Å². The minimum absolute atomic E-state index is 0.0528. The Morgan fingerprint density at radius 2 is 1.70 bits per heavy atom. The maximum atomic E-state index is 13.4. The van der Waals surface area contributed by atoms with Crippen LogP contribution in [0.2, 0.25) is 0 Å². The molecule has 0 aliphatic carbocycles. The van der Waals surface area contributed by atoms with E-state index in [4.69, 9.17) is 9.97 Å². The number of fused-ring (bicyclic) bond motifs is 2. The zero-order chi connectivity index (χ0) is 20.7. The number of thioether (sulfide) groups is 1. The van der Waals surface area contributed by atoms with Crippen LogP contribution in [0.15, 0.2) is 83.0 Å². The molecule has 0 bridgehead atoms. The van der Waals surface area contributed by atoms with Crippen LogP contribution in [0.3, 0.4) is 0 Å². The van der Waals surface area contributed by atoms with Gasteiger partial charge in [0.2, 0.25) is 0 Å². The Bertz CT molecular complexity index is 1450. The monoisotopic (exact) mass is 412 g/mol. The predicted octanol–water partition coefficient (Wildman–Crippen LogP) is 4.94. The first kappa shape index (κ1) is 18.6. The van der Waals surface area contributed by atoms with Gasteiger partial charge in [-0.3, -0.25) is 9.36 Å². The molecule has 5 nitrogen and oxygen atoms in total. The Hall–Kier alpha value is -3.38. The number of aryl methyl sites for hydroxylation is 2. The second-order valence-electron chi connectivity index (χ2n) is 7.33. The van der Waals surface area contributed by atoms with E-state index in [1.807, 2.05) is 72.1 Å². The van der Waals surface area contributed by atoms with Crippen LogP contribution in [-0.2, 0) is 5.75 Å². The molecular weight excluding hydrogens is 392 g/mol. The van der Waals surface area contributed by atoms with E-state index in [0.29, 0.717) is 21.8 Å². The second-order valence-corrected chi connectivity index (χ2v) is 8.27. The maximum absolute atomic E-state index is 13.4. The third-order valence-electron chi connectivity index (χ3n) is 5.10. The summed E-state index contributed by atoms with van der Waals surface area (Å²) in [6, 6.07) is 19.5. The lowest BCUT2D eigenvalue weighted by Gasteiger charge is -2.14. The second kappa shape index (κ2) is 7.46. The van der Waals surface area contributed by atoms with Gasteiger partial charge in [0.15, 0.2) is 5.16 Å². The molecule has 6 heteroatoms. The molecule has 0 atom stereocenters. The molecule has 3 aromatic heterocycles. The maximum Gasteiger partial charge on any atom is 0.266 e. The molecule has 148 valence electrons. The van der Waals surface area contributed by atoms with Crippen molar-refractivity contribution in [2.45, 2.75) is 24.8 Å². The van der Waals surface area contributed by atoms with E-state index in [0.717, 1.165) is 22.6 Å². The molecule has 0 unspecified atom stereocenters. The summed E-state index contributed by atoms with van der Waals surface area (Å²) in [6.45, 7) is 4.07. The molecular formula is C24H20N4OS. The first-order valence-corrected chi connectivity index (χ1v) is 10.7. The fourth-order valence-electron chi connectivity index (χ4n) is 3.60. The summed E-state index contributed by atoms with van der Waals surface area (Å²) in [6.07, 6.45) is 4.10. The molecule has 0 spiro atoms. The molecule has 30 heavy (non-hydrogen) atoms. The highest BCUT2D eigenvalue weighted by Crippen LogP contribution is 2.26. The van der Waals surface area contributed by atoms with Crippen molar-refractivity contribution in [3.63, 3.8) is 0 Å². The van der Waals surface area contributed by atoms with Gasteiger partial charge in [0, 0.05) is 18.1 Å². The molecule has 0 radical (unpaired) electrons. The van der Waals surface area contributed by atoms with E-state index in [2.05, 4.69) is 19.2 Å². The zero-order valence-corrected chi connectivity index (χ0v) is 17.6. The molecule has 5 aromatic rings. The molecule has 0 saturated heterocycles. The molecule has 0 aliphatic rings. The van der Waals surface area contributed by atoms with E-state index in [1.165, 1.54) is 17.3 Å². The van der Waals surface area contributed by atoms with E-state index in [1.54, 1.807) is 4.57 Å². The van der Waals surface area contributed by atoms with Crippen molar-refractivity contribution < 1.29 is 0 Å². The zero-order valence-electron chi connectivity index (χ0n) is 16.7. The highest BCUT2D eigenvalue weighted by Gasteiger charge is 2.15. The number of aromatic nitrogens is 4. The average Bonchev–Trinajstić information content (AvgIpc) is 3.15. The first-order chi connectivity index (χ1) is 14.6. The first-order valence-electron chi connectivity index (χ1n) is 9.75. The molecule has 0 amide bonds. The smallest absolute Gasteiger partial charge is 0.266 e. The van der Waals surface area contributed by atoms with Crippen LogP contribution >= 0.6 is 11.8 Å². The van der Waals surface area contributed by atoms with Crippen molar-refractivity contribution in [2.75, 3.05) is 0 Å². The van der Waals surface area contributed by atoms with Crippen LogP contribution in [0.5, 0.6) is 0 Å². The number of pyridine rings is 1. The molecule has 0 fully saturated rings. The molecule has 3 heterocycles. The van der Waals surface area contributed by atoms with Crippen molar-refractivity contribution in [1.82, 2.24) is 18.9 Å². The number of hydrogen-bond acceptors (Lipinski definition) is 4. The highest BCUT2D eigenvalue weighted by molar-refractivity contribution is 7.98. The highest BCUT2D eigenvalue weighted by atomic mass is 32.2. The van der Waals surface area contributed by atoms with Crippen LogP contribution in [0.25, 0.3) is 22.2 Å². The van der Waals surface area contributed by atoms with Crippen LogP contribution in [-0.4, -0.2) is 18.9 Å². The molecule has 0 N–H and O–H groups in total. The number of nitrogens with zero attached hydrogens (tertiary/aromatic N) is 4. The topological polar surface area (TPSA) is 52.2 Å². The number of benzene rings is 2. The van der Waals surface area contributed by atoms with Crippen LogP contribution in [0.1, 0.15) is 16.8 Å². The van der Waals surface area contributed by atoms with Crippen LogP contribution in [0.4, 0.5) is 0 Å². The Morgan fingerprint density at radius 1 is 0.900 bits per heavy atom. The van der Waals surface area contributed by atoms with Gasteiger partial charge in [0.25, 0.3) is 5.56 Å². The normalized spacial score (nSPS) is 11.4. The van der Waals surface area contributed by atoms with Crippen LogP contribution < -0.4 is 5.56 Å². The quantitative estimate of drug-likeness (QED) is 0.310. The summed E-state index contributed by atoms with van der Waals surface area (Å²) in [5.74, 6) is 0.622. The van der Waals surface area contributed by atoms with Crippen molar-refractivity contribution in [2.24, 2.45) is 0 Å². The number of hydrogen-bond donors (Lipinski definition) is 0. The number of para-hydroxylation sites is 2. The van der Waals surface area contributed by atoms with Gasteiger partial charge in [0.05, 0.1) is 22.3 Å². The van der Waals surface area contributed by atoms with Gasteiger partial charge in [-0.05, 0) is 49.2 Å². The SMILES string of the molecule is Cc1ccc2nc(CSc3nc4ccccc4c(=O)n3-c3ccccc3C)cn2c1. The minimum atomic E-state index is -0.0528. The van der Waals surface area contributed by atoms with Gasteiger partial charge in [-0.1, -0.05) is 48.2 Å². The van der Waals surface area contributed by atoms with E-state index >= 15 is 0 Å². The lowest BCUT2D eigenvalue weighted by molar-refractivity contribution is 0.814. The van der Waals surface area contributed by atoms with Gasteiger partial charge in [-0.15, -0.1) is 0 Å². The van der Waals surface area contributed by atoms with E-state index in [-0.39, 0.29) is 5.56 Å². The molecule has 0 saturated carbocycles. The fraction of sp³-hybridized carbons (Fsp3) is 0.125. The standard InChI is InChI=1S/C24H20N4OS/c1-16-11-12-22-25-18(14-27(22)13-16)15-30-24-26-20-9-5-4-8-19(20)23(29)28(24)21-10-6-3-7-17(21)2/h3-14H,15H2,1-2H3. The van der Waals surface area contributed by atoms with Crippen molar-refractivity contribution >= 4 is 28.3 Å². The van der Waals surface area contributed by atoms with Gasteiger partial charge in [0.1, 0.15) is 5.65 Å². The summed E-state index contributed by atoms with van der Waals surface area (Å²) >= 11 is 1.53. The summed E-state index contributed by atoms with van der Waals surface area (Å²) in [7, 11) is 0. The van der Waals surface area contributed by atoms with Crippen molar-refractivity contribution in [3.8, 4) is 5.69 Å². The fourth-order valence-corrected chi connectivity index (χ4v) is 4.49. The third-order valence-corrected chi connectivity index (χ3v) is 6.07. The number of rotatable bonds is 4. The lowest BCUT2D eigenvalue weighted by atomic mass is 10.2. The van der Waals surface area contributed by atoms with Gasteiger partial charge in [-0.25, -0.2) is 9.97 Å². The van der Waals surface area contributed by atoms with Gasteiger partial charge < -0.3 is 4.40 Å². The summed E-state index contributed by atoms with van der Waals surface area (Å²) in [5.41, 5.74) is 5.59. The molecule has 5 rings (SSSR count). The van der Waals surface area contributed by atoms with Gasteiger partial charge >= 0.3 is 0 Å². The van der Waals surface area contributed by atoms with E-state index in [9.17, 15) is 4.79 Å². The summed E-state index contributed by atoms with van der Waals surface area (Å²) < 4.78 is 3.76. The third kappa shape index (κ3) is 3.29. The predicted molar refractivity (Wildman–Crippen MR) is 122 cm³/mol. The van der Waals surface area contributed by atoms with E-state index < -0.39 is 0 Å². The Morgan fingerprint density at radius 3 is 2.57 bits per heavy atom. The molecule has 0 aliphatic heterocycles. The Kier molecular flexibility index (Phi) is 4.64. The Labute approximate surface area is 178 Å². The summed E-state index contributed by atoms with van der Waals surface area (Å²) in [4.78, 5) is 22.9. The average molecular weight is 413 g/mol. The van der Waals surface area contributed by atoms with Crippen molar-refractivity contribution in [3.05, 3.63) is 100 Å². The number of imidazole rings is 1.